The van der Waals surface area contributed by atoms with Crippen LogP contribution in [0.15, 0.2) is 42.5 Å². The summed E-state index contributed by atoms with van der Waals surface area (Å²) in [5, 5.41) is 123. The average molecular weight is 787 g/mol. The number of carbonyl (C=O) groups excluding carboxylic acids is 1. The maximum atomic E-state index is 13.3. The van der Waals surface area contributed by atoms with E-state index in [4.69, 9.17) is 33.2 Å². The Morgan fingerprint density at radius 3 is 1.96 bits per heavy atom. The molecule has 15 atom stereocenters. The molecule has 0 amide bonds. The highest BCUT2D eigenvalue weighted by molar-refractivity contribution is 5.87. The van der Waals surface area contributed by atoms with Gasteiger partial charge >= 0.3 is 5.97 Å². The molecule has 20 nitrogen and oxygen atoms in total. The van der Waals surface area contributed by atoms with E-state index in [9.17, 15) is 66.1 Å². The summed E-state index contributed by atoms with van der Waals surface area (Å²) in [7, 11) is 0. The van der Waals surface area contributed by atoms with Crippen molar-refractivity contribution < 1.29 is 99.2 Å². The number of aliphatic hydroxyl groups is 8. The molecule has 0 saturated carbocycles. The van der Waals surface area contributed by atoms with Crippen molar-refractivity contribution in [1.82, 2.24) is 0 Å². The monoisotopic (exact) mass is 786 g/mol. The second-order valence-corrected chi connectivity index (χ2v) is 13.3. The fraction of sp³-hybridized carbons (Fsp3) is 0.571. The minimum atomic E-state index is -1.88. The van der Waals surface area contributed by atoms with Gasteiger partial charge in [-0.25, -0.2) is 4.79 Å². The number of benzene rings is 2. The maximum Gasteiger partial charge on any atom is 0.331 e. The number of esters is 1. The molecule has 3 aliphatic heterocycles. The summed E-state index contributed by atoms with van der Waals surface area (Å²) in [6.45, 7) is -0.254. The van der Waals surface area contributed by atoms with Crippen molar-refractivity contribution in [3.63, 3.8) is 0 Å². The van der Waals surface area contributed by atoms with E-state index < -0.39 is 123 Å². The van der Waals surface area contributed by atoms with Gasteiger partial charge in [-0.15, -0.1) is 0 Å². The van der Waals surface area contributed by atoms with Crippen molar-refractivity contribution in [3.05, 3.63) is 53.6 Å². The van der Waals surface area contributed by atoms with Gasteiger partial charge in [-0.05, 0) is 54.8 Å². The highest BCUT2D eigenvalue weighted by Gasteiger charge is 2.53. The van der Waals surface area contributed by atoms with Crippen molar-refractivity contribution >= 4 is 12.0 Å². The van der Waals surface area contributed by atoms with Crippen LogP contribution in [0.1, 0.15) is 18.1 Å². The molecule has 0 spiro atoms. The van der Waals surface area contributed by atoms with Crippen LogP contribution in [0.2, 0.25) is 0 Å². The van der Waals surface area contributed by atoms with Crippen molar-refractivity contribution in [3.8, 4) is 23.0 Å². The van der Waals surface area contributed by atoms with Gasteiger partial charge < -0.3 is 94.4 Å². The van der Waals surface area contributed by atoms with Gasteiger partial charge in [0.2, 0.25) is 0 Å². The Labute approximate surface area is 313 Å². The number of ether oxygens (including phenoxy) is 7. The van der Waals surface area contributed by atoms with E-state index in [-0.39, 0.29) is 30.1 Å². The molecule has 306 valence electrons. The van der Waals surface area contributed by atoms with E-state index in [1.165, 1.54) is 43.3 Å². The molecule has 0 aromatic heterocycles. The molecule has 0 aliphatic carbocycles. The third-order valence-corrected chi connectivity index (χ3v) is 9.36. The molecule has 5 rings (SSSR count). The van der Waals surface area contributed by atoms with Crippen LogP contribution >= 0.6 is 0 Å². The number of rotatable bonds is 13. The van der Waals surface area contributed by atoms with Gasteiger partial charge in [0.1, 0.15) is 61.0 Å². The number of aromatic hydroxyl groups is 4. The topological polar surface area (TPSA) is 324 Å². The summed E-state index contributed by atoms with van der Waals surface area (Å²) < 4.78 is 40.2. The lowest BCUT2D eigenvalue weighted by molar-refractivity contribution is -0.364. The second-order valence-electron chi connectivity index (χ2n) is 13.3. The molecule has 0 bridgehead atoms. The molecule has 0 radical (unpaired) electrons. The smallest absolute Gasteiger partial charge is 0.331 e. The molecule has 3 saturated heterocycles. The Kier molecular flexibility index (Phi) is 14.3. The number of hydrogen-bond donors (Lipinski definition) is 12. The third-order valence-electron chi connectivity index (χ3n) is 9.36. The van der Waals surface area contributed by atoms with Crippen LogP contribution < -0.4 is 0 Å². The fourth-order valence-corrected chi connectivity index (χ4v) is 6.14. The molecule has 3 heterocycles. The first-order valence-electron chi connectivity index (χ1n) is 17.2. The first-order valence-corrected chi connectivity index (χ1v) is 17.2. The highest BCUT2D eigenvalue weighted by Crippen LogP contribution is 2.33. The Hall–Kier alpha value is -3.71. The van der Waals surface area contributed by atoms with Crippen molar-refractivity contribution in [2.45, 2.75) is 105 Å². The summed E-state index contributed by atoms with van der Waals surface area (Å²) in [5.74, 6) is -2.71. The number of phenolic OH excluding ortho intramolecular Hbond substituents is 4. The Morgan fingerprint density at radius 1 is 0.673 bits per heavy atom. The first kappa shape index (κ1) is 42.4. The van der Waals surface area contributed by atoms with Gasteiger partial charge in [-0.2, -0.15) is 0 Å². The van der Waals surface area contributed by atoms with Gasteiger partial charge in [0.25, 0.3) is 0 Å². The maximum absolute atomic E-state index is 13.3. The number of aliphatic hydroxyl groups excluding tert-OH is 8. The van der Waals surface area contributed by atoms with Gasteiger partial charge in [0, 0.05) is 6.08 Å². The summed E-state index contributed by atoms with van der Waals surface area (Å²) in [5.41, 5.74) is 0.773. The normalized spacial score (nSPS) is 36.9. The Morgan fingerprint density at radius 2 is 1.29 bits per heavy atom. The predicted molar refractivity (Wildman–Crippen MR) is 180 cm³/mol. The standard InChI is InChI=1S/C35H46O20/c1-14-24(42)26(44)29(47)35(51-14)55-32-30(48)34(49-9-8-16-3-6-18(38)20(40)11-16)53-22(13-50-33-28(46)27(45)25(43)21(12-36)52-33)31(32)54-23(41)7-4-15-2-5-17(37)19(39)10-15/h2-7,10-11,14,21-22,24-40,42-48H,8-9,12-13H2,1H3/t14-,21+,22+,24-,25+,26+,27-,28+,29+,30+,31+,32+,33-,34+,35-/m0/s1. The molecular weight excluding hydrogens is 740 g/mol. The van der Waals surface area contributed by atoms with E-state index in [2.05, 4.69) is 0 Å². The Bertz CT molecular complexity index is 1610. The molecule has 55 heavy (non-hydrogen) atoms. The van der Waals surface area contributed by atoms with Gasteiger partial charge in [-0.3, -0.25) is 0 Å². The number of carbonyl (C=O) groups is 1. The van der Waals surface area contributed by atoms with Gasteiger partial charge in [0.15, 0.2) is 48.0 Å². The van der Waals surface area contributed by atoms with Crippen molar-refractivity contribution in [1.29, 1.82) is 0 Å². The van der Waals surface area contributed by atoms with Crippen LogP contribution in [-0.2, 0) is 44.4 Å². The molecular formula is C35H46O20. The second kappa shape index (κ2) is 18.5. The largest absolute Gasteiger partial charge is 0.504 e. The molecule has 2 aromatic carbocycles. The molecule has 0 unspecified atom stereocenters. The first-order chi connectivity index (χ1) is 26.1. The predicted octanol–water partition coefficient (Wildman–Crippen LogP) is -3.19. The lowest BCUT2D eigenvalue weighted by Crippen LogP contribution is -2.65. The van der Waals surface area contributed by atoms with Crippen LogP contribution in [0, 0.1) is 0 Å². The molecule has 2 aromatic rings. The van der Waals surface area contributed by atoms with E-state index in [0.717, 1.165) is 12.1 Å². The van der Waals surface area contributed by atoms with Crippen LogP contribution in [0.5, 0.6) is 23.0 Å². The zero-order chi connectivity index (χ0) is 40.1. The summed E-state index contributed by atoms with van der Waals surface area (Å²) in [6, 6.07) is 7.75. The molecule has 3 fully saturated rings. The lowest BCUT2D eigenvalue weighted by Gasteiger charge is -2.47. The zero-order valence-electron chi connectivity index (χ0n) is 29.2. The van der Waals surface area contributed by atoms with Crippen LogP contribution in [-0.4, -0.2) is 179 Å². The summed E-state index contributed by atoms with van der Waals surface area (Å²) in [4.78, 5) is 13.3. The van der Waals surface area contributed by atoms with Crippen molar-refractivity contribution in [2.75, 3.05) is 19.8 Å². The zero-order valence-corrected chi connectivity index (χ0v) is 29.2. The molecule has 12 N–H and O–H groups in total. The Balaban J connectivity index is 1.43. The van der Waals surface area contributed by atoms with E-state index in [1.807, 2.05) is 0 Å². The minimum absolute atomic E-state index is 0.111. The van der Waals surface area contributed by atoms with Gasteiger partial charge in [-0.1, -0.05) is 12.1 Å². The number of hydrogen-bond acceptors (Lipinski definition) is 20. The molecule has 3 aliphatic rings. The quantitative estimate of drug-likeness (QED) is 0.0541. The summed E-state index contributed by atoms with van der Waals surface area (Å²) >= 11 is 0. The van der Waals surface area contributed by atoms with Crippen LogP contribution in [0.4, 0.5) is 0 Å². The SMILES string of the molecule is C[C@@H]1O[C@@H](O[C@@H]2[C@@H](O)[C@H](OCCc3ccc(O)c(O)c3)O[C@H](CO[C@H]3O[C@H](CO)[C@@H](O)[C@H](O)[C@H]3O)[C@H]2OC(=O)C=Cc2ccc(O)c(O)c2)[C@H](O)[C@H](O)[C@H]1O. The van der Waals surface area contributed by atoms with Crippen molar-refractivity contribution in [2.24, 2.45) is 0 Å². The minimum Gasteiger partial charge on any atom is -0.504 e. The van der Waals surface area contributed by atoms with Crippen LogP contribution in [0.3, 0.4) is 0 Å². The lowest BCUT2D eigenvalue weighted by atomic mass is 9.96. The molecule has 20 heteroatoms. The van der Waals surface area contributed by atoms with E-state index >= 15 is 0 Å². The fourth-order valence-electron chi connectivity index (χ4n) is 6.14. The number of phenols is 4. The van der Waals surface area contributed by atoms with Gasteiger partial charge in [0.05, 0.1) is 25.9 Å². The van der Waals surface area contributed by atoms with E-state index in [1.54, 1.807) is 0 Å². The van der Waals surface area contributed by atoms with Crippen LogP contribution in [0.25, 0.3) is 6.08 Å². The van der Waals surface area contributed by atoms with E-state index in [0.29, 0.717) is 5.56 Å². The highest BCUT2D eigenvalue weighted by atomic mass is 16.8. The average Bonchev–Trinajstić information content (AvgIpc) is 3.16. The third kappa shape index (κ3) is 10.0. The summed E-state index contributed by atoms with van der Waals surface area (Å²) in [6.07, 6.45) is -22.6.